The van der Waals surface area contributed by atoms with E-state index >= 15 is 0 Å². The van der Waals surface area contributed by atoms with Gasteiger partial charge in [0.1, 0.15) is 5.82 Å². The Bertz CT molecular complexity index is 999. The molecule has 0 spiro atoms. The third-order valence-electron chi connectivity index (χ3n) is 4.28. The summed E-state index contributed by atoms with van der Waals surface area (Å²) in [5, 5.41) is 9.42. The van der Waals surface area contributed by atoms with Crippen molar-refractivity contribution >= 4 is 27.5 Å². The minimum absolute atomic E-state index is 0.102. The van der Waals surface area contributed by atoms with E-state index in [1.54, 1.807) is 24.3 Å². The van der Waals surface area contributed by atoms with Crippen molar-refractivity contribution < 1.29 is 22.7 Å². The Morgan fingerprint density at radius 3 is 2.59 bits per heavy atom. The van der Waals surface area contributed by atoms with Crippen LogP contribution >= 0.6 is 0 Å². The lowest BCUT2D eigenvalue weighted by Crippen LogP contribution is -2.37. The lowest BCUT2D eigenvalue weighted by atomic mass is 10.2. The van der Waals surface area contributed by atoms with Crippen molar-refractivity contribution in [3.8, 4) is 5.69 Å². The molecular formula is C19H24N4O5S. The second kappa shape index (κ2) is 8.75. The number of sulfone groups is 1. The maximum Gasteiger partial charge on any atom is 0.314 e. The number of benzene rings is 1. The second-order valence-corrected chi connectivity index (χ2v) is 9.10. The van der Waals surface area contributed by atoms with Crippen molar-refractivity contribution in [1.29, 1.82) is 0 Å². The van der Waals surface area contributed by atoms with Gasteiger partial charge in [-0.15, -0.1) is 0 Å². The number of anilines is 1. The summed E-state index contributed by atoms with van der Waals surface area (Å²) in [6, 6.07) is 8.99. The Labute approximate surface area is 169 Å². The number of carbonyl (C=O) groups excluding carboxylic acids is 2. The molecule has 0 bridgehead atoms. The first-order valence-corrected chi connectivity index (χ1v) is 11.2. The molecule has 0 aliphatic carbocycles. The highest BCUT2D eigenvalue weighted by Crippen LogP contribution is 2.32. The van der Waals surface area contributed by atoms with Gasteiger partial charge in [0.2, 0.25) is 0 Å². The van der Waals surface area contributed by atoms with Crippen molar-refractivity contribution in [3.05, 3.63) is 41.6 Å². The molecular weight excluding hydrogens is 396 g/mol. The molecule has 156 valence electrons. The van der Waals surface area contributed by atoms with Crippen LogP contribution in [0.25, 0.3) is 5.69 Å². The van der Waals surface area contributed by atoms with Gasteiger partial charge in [-0.3, -0.25) is 9.59 Å². The van der Waals surface area contributed by atoms with E-state index in [-0.39, 0.29) is 23.4 Å². The largest absolute Gasteiger partial charge is 0.379 e. The number of hydrogen-bond donors (Lipinski definition) is 2. The molecule has 0 saturated carbocycles. The fourth-order valence-corrected chi connectivity index (χ4v) is 4.46. The highest BCUT2D eigenvalue weighted by Gasteiger charge is 2.33. The second-order valence-electron chi connectivity index (χ2n) is 7.04. The monoisotopic (exact) mass is 420 g/mol. The molecule has 2 aromatic rings. The van der Waals surface area contributed by atoms with E-state index in [9.17, 15) is 18.0 Å². The Morgan fingerprint density at radius 1 is 1.17 bits per heavy atom. The van der Waals surface area contributed by atoms with Crippen LogP contribution in [0.2, 0.25) is 0 Å². The summed E-state index contributed by atoms with van der Waals surface area (Å²) in [6.45, 7) is 4.61. The summed E-state index contributed by atoms with van der Waals surface area (Å²) in [6.07, 6.45) is 0.679. The Morgan fingerprint density at radius 2 is 1.90 bits per heavy atom. The summed E-state index contributed by atoms with van der Waals surface area (Å²) in [5.41, 5.74) is 1.46. The normalized spacial score (nSPS) is 14.6. The Hall–Kier alpha value is -2.72. The quantitative estimate of drug-likeness (QED) is 0.513. The molecule has 0 radical (unpaired) electrons. The molecule has 2 N–H and O–H groups in total. The zero-order valence-corrected chi connectivity index (χ0v) is 17.2. The minimum Gasteiger partial charge on any atom is -0.379 e. The number of hydrogen-bond acceptors (Lipinski definition) is 6. The van der Waals surface area contributed by atoms with Crippen molar-refractivity contribution in [2.24, 2.45) is 0 Å². The lowest BCUT2D eigenvalue weighted by Gasteiger charge is -2.11. The van der Waals surface area contributed by atoms with Crippen LogP contribution in [0.3, 0.4) is 0 Å². The Balaban J connectivity index is 1.73. The van der Waals surface area contributed by atoms with E-state index < -0.39 is 21.7 Å². The average Bonchev–Trinajstić information content (AvgIpc) is 3.14. The van der Waals surface area contributed by atoms with Gasteiger partial charge >= 0.3 is 11.8 Å². The van der Waals surface area contributed by atoms with Gasteiger partial charge in [-0.25, -0.2) is 13.1 Å². The summed E-state index contributed by atoms with van der Waals surface area (Å²) in [5.74, 6) is -1.88. The molecule has 9 nitrogen and oxygen atoms in total. The van der Waals surface area contributed by atoms with Crippen LogP contribution < -0.4 is 10.6 Å². The van der Waals surface area contributed by atoms with E-state index in [1.165, 1.54) is 4.68 Å². The number of nitrogens with zero attached hydrogens (tertiary/aromatic N) is 2. The van der Waals surface area contributed by atoms with Crippen LogP contribution in [-0.4, -0.2) is 49.3 Å². The topological polar surface area (TPSA) is 119 Å². The lowest BCUT2D eigenvalue weighted by molar-refractivity contribution is -0.136. The third kappa shape index (κ3) is 5.21. The molecule has 3 rings (SSSR count). The molecule has 0 atom stereocenters. The van der Waals surface area contributed by atoms with Crippen molar-refractivity contribution in [2.75, 3.05) is 18.5 Å². The average molecular weight is 420 g/mol. The molecule has 10 heteroatoms. The van der Waals surface area contributed by atoms with E-state index in [1.807, 2.05) is 19.9 Å². The predicted octanol–water partition coefficient (Wildman–Crippen LogP) is 1.17. The first kappa shape index (κ1) is 21.0. The molecule has 0 unspecified atom stereocenters. The standard InChI is InChI=1S/C19H24N4O5S/c1-13(2)28-10-6-9-20-18(24)19(25)21-17-15-11-29(26,27)12-16(15)22-23(17)14-7-4-3-5-8-14/h3-5,7-8,13H,6,9-12H2,1-2H3,(H,20,24)(H,21,25). The molecule has 1 aromatic heterocycles. The van der Waals surface area contributed by atoms with E-state index in [4.69, 9.17) is 4.74 Å². The third-order valence-corrected chi connectivity index (χ3v) is 5.73. The minimum atomic E-state index is -3.31. The number of ether oxygens (including phenoxy) is 1. The maximum atomic E-state index is 12.4. The smallest absolute Gasteiger partial charge is 0.314 e. The van der Waals surface area contributed by atoms with Gasteiger partial charge in [0.05, 0.1) is 29.0 Å². The summed E-state index contributed by atoms with van der Waals surface area (Å²) >= 11 is 0. The molecule has 0 fully saturated rings. The molecule has 2 heterocycles. The fraction of sp³-hybridized carbons (Fsp3) is 0.421. The van der Waals surface area contributed by atoms with E-state index in [0.717, 1.165) is 0 Å². The highest BCUT2D eigenvalue weighted by molar-refractivity contribution is 7.90. The molecule has 1 aromatic carbocycles. The van der Waals surface area contributed by atoms with Gasteiger partial charge in [-0.1, -0.05) is 18.2 Å². The zero-order chi connectivity index (χ0) is 21.0. The van der Waals surface area contributed by atoms with Crippen LogP contribution in [0.1, 0.15) is 31.5 Å². The summed E-state index contributed by atoms with van der Waals surface area (Å²) in [7, 11) is -3.31. The SMILES string of the molecule is CC(C)OCCCNC(=O)C(=O)Nc1c2c(nn1-c1ccccc1)CS(=O)(=O)C2. The van der Waals surface area contributed by atoms with Crippen LogP contribution in [0, 0.1) is 0 Å². The summed E-state index contributed by atoms with van der Waals surface area (Å²) in [4.78, 5) is 24.5. The maximum absolute atomic E-state index is 12.4. The molecule has 1 aliphatic rings. The van der Waals surface area contributed by atoms with Crippen molar-refractivity contribution in [3.63, 3.8) is 0 Å². The molecule has 0 saturated heterocycles. The first-order valence-electron chi connectivity index (χ1n) is 9.34. The van der Waals surface area contributed by atoms with Crippen molar-refractivity contribution in [2.45, 2.75) is 37.9 Å². The van der Waals surface area contributed by atoms with E-state index in [2.05, 4.69) is 15.7 Å². The van der Waals surface area contributed by atoms with Crippen LogP contribution in [-0.2, 0) is 35.7 Å². The number of fused-ring (bicyclic) bond motifs is 1. The first-order chi connectivity index (χ1) is 13.8. The summed E-state index contributed by atoms with van der Waals surface area (Å²) < 4.78 is 30.8. The van der Waals surface area contributed by atoms with Crippen LogP contribution in [0.5, 0.6) is 0 Å². The zero-order valence-electron chi connectivity index (χ0n) is 16.3. The number of rotatable bonds is 7. The van der Waals surface area contributed by atoms with Gasteiger partial charge in [-0.2, -0.15) is 5.10 Å². The molecule has 1 aliphatic heterocycles. The number of aromatic nitrogens is 2. The Kier molecular flexibility index (Phi) is 6.33. The predicted molar refractivity (Wildman–Crippen MR) is 107 cm³/mol. The number of para-hydroxylation sites is 1. The van der Waals surface area contributed by atoms with Gasteiger partial charge in [0, 0.05) is 18.7 Å². The number of carbonyl (C=O) groups is 2. The van der Waals surface area contributed by atoms with Gasteiger partial charge in [0.25, 0.3) is 0 Å². The number of nitrogens with one attached hydrogen (secondary N) is 2. The van der Waals surface area contributed by atoms with Gasteiger partial charge in [-0.05, 0) is 32.4 Å². The van der Waals surface area contributed by atoms with Gasteiger partial charge < -0.3 is 15.4 Å². The highest BCUT2D eigenvalue weighted by atomic mass is 32.2. The van der Waals surface area contributed by atoms with Gasteiger partial charge in [0.15, 0.2) is 9.84 Å². The van der Waals surface area contributed by atoms with Crippen LogP contribution in [0.15, 0.2) is 30.3 Å². The van der Waals surface area contributed by atoms with E-state index in [0.29, 0.717) is 36.5 Å². The fourth-order valence-electron chi connectivity index (χ4n) is 2.96. The molecule has 2 amide bonds. The van der Waals surface area contributed by atoms with Crippen molar-refractivity contribution in [1.82, 2.24) is 15.1 Å². The van der Waals surface area contributed by atoms with Crippen LogP contribution in [0.4, 0.5) is 5.82 Å². The number of amides is 2. The molecule has 29 heavy (non-hydrogen) atoms.